The van der Waals surface area contributed by atoms with Gasteiger partial charge in [-0.3, -0.25) is 14.6 Å². The third-order valence-electron chi connectivity index (χ3n) is 3.51. The second-order valence-electron chi connectivity index (χ2n) is 5.35. The van der Waals surface area contributed by atoms with E-state index < -0.39 is 5.97 Å². The van der Waals surface area contributed by atoms with Crippen LogP contribution in [0.15, 0.2) is 47.5 Å². The Bertz CT molecular complexity index is 800. The Hall–Kier alpha value is -3.35. The predicted molar refractivity (Wildman–Crippen MR) is 98.7 cm³/mol. The van der Waals surface area contributed by atoms with Crippen LogP contribution in [-0.2, 0) is 9.59 Å². The molecule has 7 nitrogen and oxygen atoms in total. The van der Waals surface area contributed by atoms with Crippen LogP contribution >= 0.6 is 0 Å². The summed E-state index contributed by atoms with van der Waals surface area (Å²) in [5, 5.41) is 11.2. The van der Waals surface area contributed by atoms with Gasteiger partial charge in [0.1, 0.15) is 11.5 Å². The van der Waals surface area contributed by atoms with Crippen molar-refractivity contribution in [3.05, 3.63) is 48.0 Å². The maximum absolute atomic E-state index is 11.6. The normalized spacial score (nSPS) is 10.5. The number of ether oxygens (including phenoxy) is 2. The maximum atomic E-state index is 11.6. The summed E-state index contributed by atoms with van der Waals surface area (Å²) >= 11 is 0. The van der Waals surface area contributed by atoms with Crippen LogP contribution in [-0.4, -0.2) is 37.4 Å². The van der Waals surface area contributed by atoms with Crippen molar-refractivity contribution in [2.45, 2.75) is 12.8 Å². The van der Waals surface area contributed by atoms with E-state index in [1.165, 1.54) is 0 Å². The number of carbonyl (C=O) groups excluding carboxylic acids is 1. The molecule has 0 heterocycles. The number of aliphatic imine (C=N–C) groups is 1. The molecular formula is C19H20N2O5. The number of anilines is 1. The molecule has 0 bridgehead atoms. The number of nitrogens with one attached hydrogen (secondary N) is 1. The van der Waals surface area contributed by atoms with Crippen molar-refractivity contribution >= 4 is 29.5 Å². The Kier molecular flexibility index (Phi) is 6.73. The molecule has 0 saturated carbocycles. The van der Waals surface area contributed by atoms with Crippen LogP contribution in [0.3, 0.4) is 0 Å². The van der Waals surface area contributed by atoms with E-state index in [2.05, 4.69) is 10.3 Å². The molecule has 2 rings (SSSR count). The zero-order valence-corrected chi connectivity index (χ0v) is 14.6. The topological polar surface area (TPSA) is 97.2 Å². The van der Waals surface area contributed by atoms with Crippen LogP contribution in [0.1, 0.15) is 18.4 Å². The Morgan fingerprint density at radius 2 is 1.81 bits per heavy atom. The third-order valence-corrected chi connectivity index (χ3v) is 3.51. The summed E-state index contributed by atoms with van der Waals surface area (Å²) < 4.78 is 10.5. The minimum atomic E-state index is -1.00. The van der Waals surface area contributed by atoms with E-state index in [1.807, 2.05) is 12.1 Å². The monoisotopic (exact) mass is 356 g/mol. The lowest BCUT2D eigenvalue weighted by Gasteiger charge is -2.07. The van der Waals surface area contributed by atoms with Gasteiger partial charge in [0, 0.05) is 30.0 Å². The summed E-state index contributed by atoms with van der Waals surface area (Å²) in [4.78, 5) is 26.5. The fraction of sp³-hybridized carbons (Fsp3) is 0.211. The van der Waals surface area contributed by atoms with Gasteiger partial charge in [-0.25, -0.2) is 0 Å². The van der Waals surface area contributed by atoms with E-state index >= 15 is 0 Å². The second-order valence-corrected chi connectivity index (χ2v) is 5.35. The van der Waals surface area contributed by atoms with E-state index in [9.17, 15) is 9.59 Å². The Morgan fingerprint density at radius 3 is 2.42 bits per heavy atom. The number of carboxylic acid groups (broad SMARTS) is 1. The van der Waals surface area contributed by atoms with Crippen LogP contribution in [0.4, 0.5) is 11.4 Å². The molecule has 26 heavy (non-hydrogen) atoms. The molecule has 0 aliphatic carbocycles. The zero-order chi connectivity index (χ0) is 18.9. The average Bonchev–Trinajstić information content (AvgIpc) is 2.65. The maximum Gasteiger partial charge on any atom is 0.303 e. The highest BCUT2D eigenvalue weighted by Crippen LogP contribution is 2.24. The van der Waals surface area contributed by atoms with Gasteiger partial charge in [-0.15, -0.1) is 0 Å². The molecule has 0 atom stereocenters. The highest BCUT2D eigenvalue weighted by Gasteiger charge is 2.06. The van der Waals surface area contributed by atoms with Crippen molar-refractivity contribution < 1.29 is 24.2 Å². The number of methoxy groups -OCH3 is 2. The fourth-order valence-electron chi connectivity index (χ4n) is 2.14. The van der Waals surface area contributed by atoms with Gasteiger partial charge < -0.3 is 19.9 Å². The Labute approximate surface area is 151 Å². The number of benzene rings is 2. The molecule has 0 aliphatic heterocycles. The lowest BCUT2D eigenvalue weighted by Crippen LogP contribution is -2.12. The lowest BCUT2D eigenvalue weighted by atomic mass is 10.2. The Morgan fingerprint density at radius 1 is 1.08 bits per heavy atom. The quantitative estimate of drug-likeness (QED) is 0.708. The minimum absolute atomic E-state index is 0.0630. The Balaban J connectivity index is 2.01. The first kappa shape index (κ1) is 19.0. The van der Waals surface area contributed by atoms with Gasteiger partial charge in [-0.2, -0.15) is 0 Å². The number of carboxylic acids is 1. The number of rotatable bonds is 8. The van der Waals surface area contributed by atoms with Crippen LogP contribution in [0.2, 0.25) is 0 Å². The number of amides is 1. The summed E-state index contributed by atoms with van der Waals surface area (Å²) in [5.41, 5.74) is 2.09. The molecule has 0 fully saturated rings. The summed E-state index contributed by atoms with van der Waals surface area (Å²) in [6.07, 6.45) is 1.42. The summed E-state index contributed by atoms with van der Waals surface area (Å²) in [6, 6.07) is 12.3. The summed E-state index contributed by atoms with van der Waals surface area (Å²) in [6.45, 7) is 0. The summed E-state index contributed by atoms with van der Waals surface area (Å²) in [7, 11) is 3.17. The van der Waals surface area contributed by atoms with E-state index in [1.54, 1.807) is 50.8 Å². The third kappa shape index (κ3) is 5.62. The van der Waals surface area contributed by atoms with Crippen molar-refractivity contribution in [1.82, 2.24) is 0 Å². The van der Waals surface area contributed by atoms with Crippen molar-refractivity contribution in [2.75, 3.05) is 19.5 Å². The second kappa shape index (κ2) is 9.22. The molecule has 2 N–H and O–H groups in total. The van der Waals surface area contributed by atoms with Gasteiger partial charge in [0.25, 0.3) is 0 Å². The van der Waals surface area contributed by atoms with Gasteiger partial charge in [-0.05, 0) is 36.4 Å². The molecule has 2 aromatic rings. The fourth-order valence-corrected chi connectivity index (χ4v) is 2.14. The highest BCUT2D eigenvalue weighted by molar-refractivity contribution is 5.92. The lowest BCUT2D eigenvalue weighted by molar-refractivity contribution is -0.138. The highest BCUT2D eigenvalue weighted by atomic mass is 16.5. The van der Waals surface area contributed by atoms with Gasteiger partial charge in [0.05, 0.1) is 26.3 Å². The van der Waals surface area contributed by atoms with E-state index in [0.29, 0.717) is 22.9 Å². The largest absolute Gasteiger partial charge is 0.497 e. The van der Waals surface area contributed by atoms with Gasteiger partial charge in [0.2, 0.25) is 5.91 Å². The average molecular weight is 356 g/mol. The van der Waals surface area contributed by atoms with Crippen LogP contribution in [0, 0.1) is 0 Å². The molecule has 136 valence electrons. The molecule has 0 aromatic heterocycles. The van der Waals surface area contributed by atoms with Gasteiger partial charge in [0.15, 0.2) is 0 Å². The number of nitrogens with zero attached hydrogens (tertiary/aromatic N) is 1. The molecule has 0 radical (unpaired) electrons. The van der Waals surface area contributed by atoms with E-state index in [-0.39, 0.29) is 18.7 Å². The number of aliphatic carboxylic acids is 1. The van der Waals surface area contributed by atoms with Gasteiger partial charge in [-0.1, -0.05) is 0 Å². The molecule has 7 heteroatoms. The molecular weight excluding hydrogens is 336 g/mol. The zero-order valence-electron chi connectivity index (χ0n) is 14.6. The molecule has 0 spiro atoms. The first-order valence-electron chi connectivity index (χ1n) is 7.89. The first-order chi connectivity index (χ1) is 12.5. The van der Waals surface area contributed by atoms with Crippen molar-refractivity contribution in [2.24, 2.45) is 4.99 Å². The standard InChI is InChI=1S/C19H20N2O5/c1-25-16-8-3-13(17(11-16)26-2)12-20-14-4-6-15(7-5-14)21-18(22)9-10-19(23)24/h3-8,11-12H,9-10H2,1-2H3,(H,21,22)(H,23,24). The smallest absolute Gasteiger partial charge is 0.303 e. The van der Waals surface area contributed by atoms with Crippen molar-refractivity contribution in [3.63, 3.8) is 0 Å². The molecule has 0 saturated heterocycles. The van der Waals surface area contributed by atoms with E-state index in [0.717, 1.165) is 5.56 Å². The molecule has 1 amide bonds. The summed E-state index contributed by atoms with van der Waals surface area (Å²) in [5.74, 6) is 0.00261. The van der Waals surface area contributed by atoms with Crippen LogP contribution < -0.4 is 14.8 Å². The van der Waals surface area contributed by atoms with Crippen LogP contribution in [0.5, 0.6) is 11.5 Å². The molecule has 0 unspecified atom stereocenters. The van der Waals surface area contributed by atoms with Gasteiger partial charge >= 0.3 is 5.97 Å². The SMILES string of the molecule is COc1ccc(C=Nc2ccc(NC(=O)CCC(=O)O)cc2)c(OC)c1. The number of hydrogen-bond acceptors (Lipinski definition) is 5. The number of hydrogen-bond donors (Lipinski definition) is 2. The first-order valence-corrected chi connectivity index (χ1v) is 7.89. The van der Waals surface area contributed by atoms with Crippen molar-refractivity contribution in [3.8, 4) is 11.5 Å². The van der Waals surface area contributed by atoms with E-state index in [4.69, 9.17) is 14.6 Å². The molecule has 2 aromatic carbocycles. The molecule has 0 aliphatic rings. The van der Waals surface area contributed by atoms with Crippen LogP contribution in [0.25, 0.3) is 0 Å². The number of carbonyl (C=O) groups is 2. The minimum Gasteiger partial charge on any atom is -0.497 e. The van der Waals surface area contributed by atoms with Crippen molar-refractivity contribution in [1.29, 1.82) is 0 Å². The predicted octanol–water partition coefficient (Wildman–Crippen LogP) is 3.26.